The molecule has 6 nitrogen and oxygen atoms in total. The monoisotopic (exact) mass is 389 g/mol. The molecule has 0 N–H and O–H groups in total. The van der Waals surface area contributed by atoms with Gasteiger partial charge in [-0.1, -0.05) is 0 Å². The Morgan fingerprint density at radius 1 is 1.17 bits per heavy atom. The van der Waals surface area contributed by atoms with E-state index in [1.165, 1.54) is 6.20 Å². The lowest BCUT2D eigenvalue weighted by molar-refractivity contribution is -0.612. The number of benzene rings is 1. The van der Waals surface area contributed by atoms with E-state index in [4.69, 9.17) is 9.47 Å². The van der Waals surface area contributed by atoms with Crippen LogP contribution in [-0.2, 0) is 6.42 Å². The van der Waals surface area contributed by atoms with Crippen molar-refractivity contribution in [2.45, 2.75) is 33.2 Å². The minimum atomic E-state index is 0.186. The van der Waals surface area contributed by atoms with E-state index in [0.29, 0.717) is 22.8 Å². The topological polar surface area (TPSA) is 74.1 Å². The van der Waals surface area contributed by atoms with Crippen molar-refractivity contribution in [2.75, 3.05) is 14.2 Å². The summed E-state index contributed by atoms with van der Waals surface area (Å²) in [5.41, 5.74) is 6.99. The lowest BCUT2D eigenvalue weighted by atomic mass is 9.91. The predicted molar refractivity (Wildman–Crippen MR) is 110 cm³/mol. The zero-order valence-corrected chi connectivity index (χ0v) is 17.2. The molecule has 0 fully saturated rings. The van der Waals surface area contributed by atoms with Gasteiger partial charge in [-0.15, -0.1) is 0 Å². The van der Waals surface area contributed by atoms with E-state index in [1.807, 2.05) is 25.1 Å². The van der Waals surface area contributed by atoms with Gasteiger partial charge in [0.05, 0.1) is 25.5 Å². The molecule has 0 spiro atoms. The van der Waals surface area contributed by atoms with Crippen molar-refractivity contribution in [1.82, 2.24) is 4.57 Å². The molecular formula is C23H23N3O3. The Bertz CT molecular complexity index is 1170. The summed E-state index contributed by atoms with van der Waals surface area (Å²) in [6.07, 6.45) is 2.32. The second-order valence-electron chi connectivity index (χ2n) is 7.47. The second kappa shape index (κ2) is 6.85. The Hall–Kier alpha value is -3.46. The molecule has 3 aromatic rings. The van der Waals surface area contributed by atoms with Crippen molar-refractivity contribution in [2.24, 2.45) is 0 Å². The number of rotatable bonds is 3. The van der Waals surface area contributed by atoms with E-state index in [1.54, 1.807) is 27.2 Å². The van der Waals surface area contributed by atoms with Crippen molar-refractivity contribution in [3.05, 3.63) is 58.2 Å². The second-order valence-corrected chi connectivity index (χ2v) is 7.47. The molecule has 0 bridgehead atoms. The summed E-state index contributed by atoms with van der Waals surface area (Å²) in [6, 6.07) is 10.2. The molecule has 4 rings (SSSR count). The lowest BCUT2D eigenvalue weighted by Gasteiger charge is -2.28. The van der Waals surface area contributed by atoms with Crippen molar-refractivity contribution in [3.63, 3.8) is 0 Å². The third-order valence-corrected chi connectivity index (χ3v) is 5.77. The third kappa shape index (κ3) is 2.73. The normalized spacial score (nSPS) is 14.7. The Morgan fingerprint density at radius 3 is 2.48 bits per heavy atom. The molecule has 148 valence electrons. The Morgan fingerprint density at radius 2 is 1.86 bits per heavy atom. The van der Waals surface area contributed by atoms with Crippen LogP contribution in [0.15, 0.2) is 30.5 Å². The number of aromatic nitrogens is 2. The molecule has 0 aliphatic carbocycles. The van der Waals surface area contributed by atoms with E-state index in [0.717, 1.165) is 44.8 Å². The van der Waals surface area contributed by atoms with Gasteiger partial charge in [-0.05, 0) is 43.5 Å². The highest BCUT2D eigenvalue weighted by Crippen LogP contribution is 2.47. The van der Waals surface area contributed by atoms with Crippen molar-refractivity contribution in [1.29, 1.82) is 5.26 Å². The Balaban J connectivity index is 2.05. The predicted octanol–water partition coefficient (Wildman–Crippen LogP) is 4.08. The summed E-state index contributed by atoms with van der Waals surface area (Å²) in [5.74, 6) is 1.33. The van der Waals surface area contributed by atoms with Crippen LogP contribution in [0, 0.1) is 30.4 Å². The molecule has 0 amide bonds. The number of methoxy groups -OCH3 is 2. The molecule has 1 atom stereocenters. The van der Waals surface area contributed by atoms with Crippen LogP contribution in [0.1, 0.15) is 35.5 Å². The zero-order chi connectivity index (χ0) is 20.9. The number of fused-ring (bicyclic) bond motifs is 3. The summed E-state index contributed by atoms with van der Waals surface area (Å²) in [6.45, 7) is 5.96. The first kappa shape index (κ1) is 18.9. The molecular weight excluding hydrogens is 366 g/mol. The van der Waals surface area contributed by atoms with E-state index in [2.05, 4.69) is 17.6 Å². The van der Waals surface area contributed by atoms with Crippen LogP contribution in [-0.4, -0.2) is 18.8 Å². The van der Waals surface area contributed by atoms with Crippen molar-refractivity contribution >= 4 is 0 Å². The maximum Gasteiger partial charge on any atom is 0.190 e. The van der Waals surface area contributed by atoms with E-state index < -0.39 is 0 Å². The van der Waals surface area contributed by atoms with Crippen LogP contribution in [0.5, 0.6) is 11.5 Å². The van der Waals surface area contributed by atoms with Gasteiger partial charge in [0.15, 0.2) is 23.4 Å². The maximum absolute atomic E-state index is 11.8. The highest BCUT2D eigenvalue weighted by Gasteiger charge is 2.31. The number of ether oxygens (including phenoxy) is 2. The smallest absolute Gasteiger partial charge is 0.190 e. The number of nitrogens with zero attached hydrogens (tertiary/aromatic N) is 3. The van der Waals surface area contributed by atoms with Gasteiger partial charge in [0, 0.05) is 41.9 Å². The molecule has 0 saturated heterocycles. The fraction of sp³-hybridized carbons (Fsp3) is 0.304. The van der Waals surface area contributed by atoms with Crippen molar-refractivity contribution < 1.29 is 14.2 Å². The Kier molecular flexibility index (Phi) is 4.46. The van der Waals surface area contributed by atoms with Gasteiger partial charge in [0.2, 0.25) is 0 Å². The van der Waals surface area contributed by atoms with Crippen LogP contribution in [0.2, 0.25) is 0 Å². The fourth-order valence-corrected chi connectivity index (χ4v) is 4.46. The Labute approximate surface area is 170 Å². The van der Waals surface area contributed by atoms with Crippen LogP contribution in [0.4, 0.5) is 0 Å². The molecule has 3 heterocycles. The van der Waals surface area contributed by atoms with E-state index >= 15 is 0 Å². The summed E-state index contributed by atoms with van der Waals surface area (Å²) >= 11 is 0. The lowest BCUT2D eigenvalue weighted by Crippen LogP contribution is -2.28. The van der Waals surface area contributed by atoms with Gasteiger partial charge in [-0.2, -0.15) is 9.99 Å². The number of hydrogen-bond donors (Lipinski definition) is 0. The average Bonchev–Trinajstić information content (AvgIpc) is 3.02. The molecule has 1 unspecified atom stereocenters. The van der Waals surface area contributed by atoms with Gasteiger partial charge in [-0.3, -0.25) is 0 Å². The summed E-state index contributed by atoms with van der Waals surface area (Å²) in [5, 5.41) is 21.9. The SMILES string of the molecule is COc1cc2c(cc1OC)-c1c(C#N)c(-c3cc[n+]([O-])c(C)c3)c(C)n1C(C)C2. The molecule has 0 radical (unpaired) electrons. The third-order valence-electron chi connectivity index (χ3n) is 5.77. The molecule has 1 aliphatic heterocycles. The van der Waals surface area contributed by atoms with Crippen LogP contribution in [0.25, 0.3) is 22.4 Å². The highest BCUT2D eigenvalue weighted by atomic mass is 16.5. The standard InChI is InChI=1S/C23H23N3O3/c1-13-8-16(6-7-25(13)27)22-15(3)26-14(2)9-17-10-20(28-4)21(29-5)11-18(17)23(26)19(22)12-24/h6-8,10-11,14H,9H2,1-5H3. The maximum atomic E-state index is 11.8. The number of nitriles is 1. The summed E-state index contributed by atoms with van der Waals surface area (Å²) in [7, 11) is 3.24. The minimum absolute atomic E-state index is 0.186. The van der Waals surface area contributed by atoms with Gasteiger partial charge >= 0.3 is 0 Å². The first-order valence-electron chi connectivity index (χ1n) is 9.51. The first-order chi connectivity index (χ1) is 13.9. The average molecular weight is 389 g/mol. The van der Waals surface area contributed by atoms with Crippen molar-refractivity contribution in [3.8, 4) is 40.0 Å². The number of pyridine rings is 1. The number of aryl methyl sites for hydroxylation is 1. The summed E-state index contributed by atoms with van der Waals surface area (Å²) in [4.78, 5) is 0. The zero-order valence-electron chi connectivity index (χ0n) is 17.2. The van der Waals surface area contributed by atoms with Crippen LogP contribution < -0.4 is 14.2 Å². The van der Waals surface area contributed by atoms with E-state index in [9.17, 15) is 10.5 Å². The largest absolute Gasteiger partial charge is 0.619 e. The summed E-state index contributed by atoms with van der Waals surface area (Å²) < 4.78 is 14.1. The quantitative estimate of drug-likeness (QED) is 0.500. The van der Waals surface area contributed by atoms with Gasteiger partial charge in [0.25, 0.3) is 0 Å². The van der Waals surface area contributed by atoms with E-state index in [-0.39, 0.29) is 6.04 Å². The molecule has 1 aliphatic rings. The highest BCUT2D eigenvalue weighted by molar-refractivity contribution is 5.86. The first-order valence-corrected chi connectivity index (χ1v) is 9.51. The molecule has 6 heteroatoms. The number of hydrogen-bond acceptors (Lipinski definition) is 4. The van der Waals surface area contributed by atoms with Gasteiger partial charge in [0.1, 0.15) is 6.07 Å². The van der Waals surface area contributed by atoms with Crippen LogP contribution >= 0.6 is 0 Å². The molecule has 2 aromatic heterocycles. The van der Waals surface area contributed by atoms with Gasteiger partial charge in [-0.25, -0.2) is 0 Å². The molecule has 29 heavy (non-hydrogen) atoms. The molecule has 0 saturated carbocycles. The van der Waals surface area contributed by atoms with Crippen LogP contribution in [0.3, 0.4) is 0 Å². The minimum Gasteiger partial charge on any atom is -0.619 e. The molecule has 1 aromatic carbocycles. The van der Waals surface area contributed by atoms with Gasteiger partial charge < -0.3 is 19.2 Å². The fourth-order valence-electron chi connectivity index (χ4n) is 4.46.